The Bertz CT molecular complexity index is 714. The van der Waals surface area contributed by atoms with Crippen molar-refractivity contribution in [3.8, 4) is 0 Å². The topological polar surface area (TPSA) is 69.6 Å². The van der Waals surface area contributed by atoms with E-state index in [1.165, 1.54) is 0 Å². The van der Waals surface area contributed by atoms with Crippen LogP contribution in [0.1, 0.15) is 31.9 Å². The highest BCUT2D eigenvalue weighted by molar-refractivity contribution is 5.67. The fraction of sp³-hybridized carbons (Fsp3) is 0.706. The van der Waals surface area contributed by atoms with Gasteiger partial charge in [0.1, 0.15) is 5.82 Å². The molecule has 3 aliphatic heterocycles. The van der Waals surface area contributed by atoms with E-state index in [1.54, 1.807) is 4.90 Å². The molecule has 9 heteroatoms. The molecule has 2 bridgehead atoms. The zero-order valence-electron chi connectivity index (χ0n) is 14.4. The number of carbonyl (C=O) groups is 1. The Balaban J connectivity index is 1.59. The van der Waals surface area contributed by atoms with Gasteiger partial charge in [-0.25, -0.2) is 4.98 Å². The van der Waals surface area contributed by atoms with E-state index in [9.17, 15) is 18.0 Å². The smallest absolute Gasteiger partial charge is 0.433 e. The highest BCUT2D eigenvalue weighted by Crippen LogP contribution is 2.48. The Morgan fingerprint density at radius 2 is 2.00 bits per heavy atom. The quantitative estimate of drug-likeness (QED) is 0.879. The molecule has 142 valence electrons. The van der Waals surface area contributed by atoms with Crippen molar-refractivity contribution in [2.75, 3.05) is 29.4 Å². The third kappa shape index (κ3) is 2.97. The standard InChI is InChI=1S/C17H21F3N4O2/c1-9-2-3-24(9)16-21-13(17(18,19)20)6-14(22-16)23-7-10-4-11(8-23)12(10)5-15(25)26/h6,9-12H,2-5,7-8H2,1H3,(H,25,26)/t9?,10-,11+,12?. The minimum Gasteiger partial charge on any atom is -0.481 e. The molecular formula is C17H21F3N4O2. The zero-order chi connectivity index (χ0) is 18.6. The number of carboxylic acid groups (broad SMARTS) is 1. The highest BCUT2D eigenvalue weighted by atomic mass is 19.4. The molecule has 26 heavy (non-hydrogen) atoms. The van der Waals surface area contributed by atoms with Crippen LogP contribution in [0.25, 0.3) is 0 Å². The van der Waals surface area contributed by atoms with Gasteiger partial charge in [0.2, 0.25) is 5.95 Å². The van der Waals surface area contributed by atoms with Gasteiger partial charge in [0.05, 0.1) is 0 Å². The third-order valence-corrected chi connectivity index (χ3v) is 6.03. The first-order valence-corrected chi connectivity index (χ1v) is 8.92. The predicted octanol–water partition coefficient (Wildman–Crippen LogP) is 2.64. The molecule has 1 aromatic heterocycles. The second-order valence-corrected chi connectivity index (χ2v) is 7.66. The second-order valence-electron chi connectivity index (χ2n) is 7.66. The van der Waals surface area contributed by atoms with Gasteiger partial charge in [-0.1, -0.05) is 0 Å². The van der Waals surface area contributed by atoms with Gasteiger partial charge in [-0.05, 0) is 37.5 Å². The monoisotopic (exact) mass is 370 g/mol. The summed E-state index contributed by atoms with van der Waals surface area (Å²) in [5.74, 6) is 0.164. The molecule has 1 aliphatic carbocycles. The van der Waals surface area contributed by atoms with Crippen LogP contribution in [0.5, 0.6) is 0 Å². The number of piperidine rings is 2. The number of anilines is 2. The Morgan fingerprint density at radius 1 is 1.31 bits per heavy atom. The second kappa shape index (κ2) is 5.99. The first kappa shape index (κ1) is 17.4. The van der Waals surface area contributed by atoms with Crippen molar-refractivity contribution >= 4 is 17.7 Å². The fourth-order valence-corrected chi connectivity index (χ4v) is 4.38. The molecule has 6 nitrogen and oxygen atoms in total. The molecule has 4 atom stereocenters. The lowest BCUT2D eigenvalue weighted by Crippen LogP contribution is -2.56. The van der Waals surface area contributed by atoms with Crippen molar-refractivity contribution in [2.45, 2.75) is 38.4 Å². The van der Waals surface area contributed by atoms with E-state index in [0.29, 0.717) is 25.5 Å². The minimum absolute atomic E-state index is 0.127. The predicted molar refractivity (Wildman–Crippen MR) is 88.0 cm³/mol. The van der Waals surface area contributed by atoms with Gasteiger partial charge < -0.3 is 14.9 Å². The van der Waals surface area contributed by atoms with Crippen molar-refractivity contribution in [1.29, 1.82) is 0 Å². The molecular weight excluding hydrogens is 349 g/mol. The maximum Gasteiger partial charge on any atom is 0.433 e. The normalized spacial score (nSPS) is 30.6. The fourth-order valence-electron chi connectivity index (χ4n) is 4.38. The maximum absolute atomic E-state index is 13.3. The summed E-state index contributed by atoms with van der Waals surface area (Å²) in [6, 6.07) is 1.16. The molecule has 1 aromatic rings. The van der Waals surface area contributed by atoms with Gasteiger partial charge in [0.25, 0.3) is 0 Å². The Hall–Kier alpha value is -2.06. The number of aliphatic carboxylic acids is 1. The molecule has 5 rings (SSSR count). The van der Waals surface area contributed by atoms with Crippen LogP contribution in [0.15, 0.2) is 6.07 Å². The molecule has 0 radical (unpaired) electrons. The molecule has 2 unspecified atom stereocenters. The molecule has 0 amide bonds. The van der Waals surface area contributed by atoms with E-state index >= 15 is 0 Å². The minimum atomic E-state index is -4.52. The number of fused-ring (bicyclic) bond motifs is 2. The largest absolute Gasteiger partial charge is 0.481 e. The van der Waals surface area contributed by atoms with Gasteiger partial charge in [0.15, 0.2) is 5.69 Å². The average Bonchev–Trinajstić information content (AvgIpc) is 2.57. The van der Waals surface area contributed by atoms with E-state index in [4.69, 9.17) is 5.11 Å². The van der Waals surface area contributed by atoms with E-state index in [2.05, 4.69) is 9.97 Å². The molecule has 4 aliphatic rings. The highest BCUT2D eigenvalue weighted by Gasteiger charge is 2.48. The Morgan fingerprint density at radius 3 is 2.50 bits per heavy atom. The van der Waals surface area contributed by atoms with E-state index in [-0.39, 0.29) is 36.2 Å². The number of rotatable bonds is 4. The number of hydrogen-bond acceptors (Lipinski definition) is 5. The van der Waals surface area contributed by atoms with Gasteiger partial charge in [-0.2, -0.15) is 18.2 Å². The van der Waals surface area contributed by atoms with E-state index < -0.39 is 17.8 Å². The summed E-state index contributed by atoms with van der Waals surface area (Å²) < 4.78 is 39.9. The van der Waals surface area contributed by atoms with Crippen molar-refractivity contribution in [3.05, 3.63) is 11.8 Å². The van der Waals surface area contributed by atoms with E-state index in [0.717, 1.165) is 18.9 Å². The third-order valence-electron chi connectivity index (χ3n) is 6.03. The Kier molecular flexibility index (Phi) is 4.00. The number of carboxylic acids is 1. The number of alkyl halides is 3. The van der Waals surface area contributed by atoms with Crippen LogP contribution in [-0.4, -0.2) is 46.7 Å². The number of aromatic nitrogens is 2. The molecule has 1 N–H and O–H groups in total. The van der Waals surface area contributed by atoms with Crippen molar-refractivity contribution in [2.24, 2.45) is 17.8 Å². The van der Waals surface area contributed by atoms with Gasteiger partial charge in [-0.3, -0.25) is 4.79 Å². The number of nitrogens with zero attached hydrogens (tertiary/aromatic N) is 4. The van der Waals surface area contributed by atoms with Crippen LogP contribution in [0.3, 0.4) is 0 Å². The molecule has 4 fully saturated rings. The van der Waals surface area contributed by atoms with Crippen molar-refractivity contribution in [3.63, 3.8) is 0 Å². The summed E-state index contributed by atoms with van der Waals surface area (Å²) in [6.07, 6.45) is -2.52. The summed E-state index contributed by atoms with van der Waals surface area (Å²) >= 11 is 0. The first-order valence-electron chi connectivity index (χ1n) is 8.92. The lowest BCUT2D eigenvalue weighted by molar-refractivity contribution is -0.142. The summed E-state index contributed by atoms with van der Waals surface area (Å²) in [5, 5.41) is 9.00. The zero-order valence-corrected chi connectivity index (χ0v) is 14.4. The van der Waals surface area contributed by atoms with Crippen molar-refractivity contribution in [1.82, 2.24) is 9.97 Å². The lowest BCUT2D eigenvalue weighted by Gasteiger charge is -2.53. The lowest BCUT2D eigenvalue weighted by atomic mass is 9.60. The molecule has 3 saturated heterocycles. The molecule has 0 aromatic carbocycles. The van der Waals surface area contributed by atoms with Crippen LogP contribution in [0.2, 0.25) is 0 Å². The number of halogens is 3. The molecule has 0 spiro atoms. The SMILES string of the molecule is CC1CCN1c1nc(N2C[C@H]3C[C@@H](C2)C3CC(=O)O)cc(C(F)(F)F)n1. The summed E-state index contributed by atoms with van der Waals surface area (Å²) in [6.45, 7) is 3.71. The van der Waals surface area contributed by atoms with Crippen LogP contribution in [0, 0.1) is 17.8 Å². The van der Waals surface area contributed by atoms with Crippen LogP contribution in [-0.2, 0) is 11.0 Å². The molecule has 1 saturated carbocycles. The van der Waals surface area contributed by atoms with Crippen LogP contribution < -0.4 is 9.80 Å². The first-order chi connectivity index (χ1) is 12.2. The van der Waals surface area contributed by atoms with Crippen LogP contribution >= 0.6 is 0 Å². The Labute approximate surface area is 149 Å². The van der Waals surface area contributed by atoms with Gasteiger partial charge in [0, 0.05) is 38.2 Å². The summed E-state index contributed by atoms with van der Waals surface area (Å²) in [7, 11) is 0. The number of hydrogen-bond donors (Lipinski definition) is 1. The summed E-state index contributed by atoms with van der Waals surface area (Å²) in [5.41, 5.74) is -0.919. The average molecular weight is 370 g/mol. The van der Waals surface area contributed by atoms with Gasteiger partial charge >= 0.3 is 12.1 Å². The summed E-state index contributed by atoms with van der Waals surface area (Å²) in [4.78, 5) is 22.8. The van der Waals surface area contributed by atoms with Gasteiger partial charge in [-0.15, -0.1) is 0 Å². The maximum atomic E-state index is 13.3. The van der Waals surface area contributed by atoms with E-state index in [1.807, 2.05) is 11.8 Å². The van der Waals surface area contributed by atoms with Crippen molar-refractivity contribution < 1.29 is 23.1 Å². The molecule has 4 heterocycles. The van der Waals surface area contributed by atoms with Crippen LogP contribution in [0.4, 0.5) is 24.9 Å².